The lowest BCUT2D eigenvalue weighted by atomic mass is 9.87. The van der Waals surface area contributed by atoms with Gasteiger partial charge in [-0.15, -0.1) is 11.3 Å². The summed E-state index contributed by atoms with van der Waals surface area (Å²) in [6.45, 7) is 9.69. The van der Waals surface area contributed by atoms with E-state index < -0.39 is 0 Å². The number of nitrogens with zero attached hydrogens (tertiary/aromatic N) is 2. The Balaban J connectivity index is 2.83. The van der Waals surface area contributed by atoms with E-state index in [-0.39, 0.29) is 23.3 Å². The van der Waals surface area contributed by atoms with Gasteiger partial charge >= 0.3 is 0 Å². The van der Waals surface area contributed by atoms with Gasteiger partial charge in [0, 0.05) is 25.4 Å². The van der Waals surface area contributed by atoms with E-state index in [0.29, 0.717) is 10.8 Å². The third-order valence-corrected chi connectivity index (χ3v) is 3.92. The number of anilines is 1. The predicted molar refractivity (Wildman–Crippen MR) is 77.4 cm³/mol. The summed E-state index contributed by atoms with van der Waals surface area (Å²) in [5.41, 5.74) is 0.369. The summed E-state index contributed by atoms with van der Waals surface area (Å²) in [7, 11) is 1.77. The van der Waals surface area contributed by atoms with Crippen LogP contribution in [0.25, 0.3) is 0 Å². The molecule has 6 heteroatoms. The van der Waals surface area contributed by atoms with Gasteiger partial charge in [0.15, 0.2) is 5.13 Å². The van der Waals surface area contributed by atoms with Crippen LogP contribution in [0.1, 0.15) is 45.1 Å². The van der Waals surface area contributed by atoms with Crippen LogP contribution in [-0.2, 0) is 4.79 Å². The third-order valence-electron chi connectivity index (χ3n) is 3.16. The Bertz CT molecular complexity index is 476. The van der Waals surface area contributed by atoms with Gasteiger partial charge in [-0.05, 0) is 12.3 Å². The maximum Gasteiger partial charge on any atom is 0.273 e. The molecule has 0 radical (unpaired) electrons. The maximum absolute atomic E-state index is 12.3. The lowest BCUT2D eigenvalue weighted by Gasteiger charge is -2.35. The van der Waals surface area contributed by atoms with E-state index in [9.17, 15) is 9.59 Å². The Labute approximate surface area is 118 Å². The normalized spacial score (nSPS) is 12.9. The van der Waals surface area contributed by atoms with Crippen molar-refractivity contribution in [1.82, 2.24) is 9.88 Å². The highest BCUT2D eigenvalue weighted by Gasteiger charge is 2.28. The Hall–Kier alpha value is -1.43. The largest absolute Gasteiger partial charge is 0.337 e. The summed E-state index contributed by atoms with van der Waals surface area (Å²) in [6, 6.07) is 0.0888. The van der Waals surface area contributed by atoms with Crippen LogP contribution in [0, 0.1) is 5.41 Å². The van der Waals surface area contributed by atoms with Crippen molar-refractivity contribution >= 4 is 28.3 Å². The Morgan fingerprint density at radius 2 is 2.00 bits per heavy atom. The topological polar surface area (TPSA) is 62.3 Å². The van der Waals surface area contributed by atoms with Gasteiger partial charge < -0.3 is 10.2 Å². The van der Waals surface area contributed by atoms with Gasteiger partial charge in [0.2, 0.25) is 5.91 Å². The van der Waals surface area contributed by atoms with Gasteiger partial charge in [0.25, 0.3) is 5.91 Å². The molecule has 1 atom stereocenters. The van der Waals surface area contributed by atoms with Crippen molar-refractivity contribution in [3.05, 3.63) is 11.1 Å². The average Bonchev–Trinajstić information content (AvgIpc) is 2.72. The molecule has 0 spiro atoms. The second-order valence-corrected chi connectivity index (χ2v) is 6.54. The summed E-state index contributed by atoms with van der Waals surface area (Å²) < 4.78 is 0. The number of hydrogen-bond acceptors (Lipinski definition) is 4. The van der Waals surface area contributed by atoms with Gasteiger partial charge in [0.05, 0.1) is 0 Å². The average molecular weight is 283 g/mol. The van der Waals surface area contributed by atoms with E-state index in [1.807, 2.05) is 6.92 Å². The highest BCUT2D eigenvalue weighted by Crippen LogP contribution is 2.25. The van der Waals surface area contributed by atoms with E-state index in [1.165, 1.54) is 18.3 Å². The molecule has 0 aliphatic rings. The van der Waals surface area contributed by atoms with Crippen molar-refractivity contribution in [2.45, 2.75) is 40.7 Å². The molecule has 106 valence electrons. The summed E-state index contributed by atoms with van der Waals surface area (Å²) in [6.07, 6.45) is 0. The van der Waals surface area contributed by atoms with E-state index in [0.717, 1.165) is 0 Å². The first-order valence-electron chi connectivity index (χ1n) is 6.13. The number of aromatic nitrogens is 1. The molecular formula is C13H21N3O2S. The zero-order valence-electron chi connectivity index (χ0n) is 12.3. The van der Waals surface area contributed by atoms with Crippen molar-refractivity contribution in [2.24, 2.45) is 5.41 Å². The smallest absolute Gasteiger partial charge is 0.273 e. The number of nitrogens with one attached hydrogen (secondary N) is 1. The number of rotatable bonds is 3. The number of carbonyl (C=O) groups excluding carboxylic acids is 2. The molecule has 0 aliphatic carbocycles. The van der Waals surface area contributed by atoms with Gasteiger partial charge in [0.1, 0.15) is 5.69 Å². The predicted octanol–water partition coefficient (Wildman–Crippen LogP) is 2.61. The lowest BCUT2D eigenvalue weighted by Crippen LogP contribution is -2.43. The fourth-order valence-corrected chi connectivity index (χ4v) is 2.25. The molecule has 0 unspecified atom stereocenters. The van der Waals surface area contributed by atoms with Crippen LogP contribution in [-0.4, -0.2) is 34.8 Å². The zero-order chi connectivity index (χ0) is 14.8. The summed E-state index contributed by atoms with van der Waals surface area (Å²) in [5.74, 6) is -0.319. The summed E-state index contributed by atoms with van der Waals surface area (Å²) in [4.78, 5) is 29.0. The second kappa shape index (κ2) is 5.69. The van der Waals surface area contributed by atoms with E-state index in [1.54, 1.807) is 17.3 Å². The molecule has 19 heavy (non-hydrogen) atoms. The first-order valence-corrected chi connectivity index (χ1v) is 7.01. The second-order valence-electron chi connectivity index (χ2n) is 5.68. The van der Waals surface area contributed by atoms with E-state index in [4.69, 9.17) is 0 Å². The van der Waals surface area contributed by atoms with Crippen molar-refractivity contribution in [3.8, 4) is 0 Å². The van der Waals surface area contributed by atoms with E-state index >= 15 is 0 Å². The molecule has 1 aromatic rings. The molecular weight excluding hydrogens is 262 g/mol. The summed E-state index contributed by atoms with van der Waals surface area (Å²) in [5, 5.41) is 4.69. The number of carbonyl (C=O) groups is 2. The van der Waals surface area contributed by atoms with Crippen LogP contribution in [0.4, 0.5) is 5.13 Å². The van der Waals surface area contributed by atoms with Crippen LogP contribution < -0.4 is 5.32 Å². The first-order chi connectivity index (χ1) is 8.62. The molecule has 0 aromatic carbocycles. The third kappa shape index (κ3) is 4.02. The molecule has 0 fully saturated rings. The number of thiazole rings is 1. The van der Waals surface area contributed by atoms with Gasteiger partial charge in [-0.25, -0.2) is 4.98 Å². The van der Waals surface area contributed by atoms with Crippen molar-refractivity contribution in [3.63, 3.8) is 0 Å². The molecule has 1 aromatic heterocycles. The molecule has 1 N–H and O–H groups in total. The van der Waals surface area contributed by atoms with Gasteiger partial charge in [-0.3, -0.25) is 9.59 Å². The first kappa shape index (κ1) is 15.6. The highest BCUT2D eigenvalue weighted by atomic mass is 32.1. The minimum atomic E-state index is -0.190. The van der Waals surface area contributed by atoms with Crippen LogP contribution in [0.15, 0.2) is 5.38 Å². The molecule has 0 aliphatic heterocycles. The van der Waals surface area contributed by atoms with Crippen LogP contribution in [0.2, 0.25) is 0 Å². The fourth-order valence-electron chi connectivity index (χ4n) is 1.52. The SMILES string of the molecule is CC(=O)Nc1nc(C(=O)N(C)[C@H](C)C(C)(C)C)cs1. The van der Waals surface area contributed by atoms with E-state index in [2.05, 4.69) is 31.1 Å². The molecule has 1 rings (SSSR count). The lowest BCUT2D eigenvalue weighted by molar-refractivity contribution is -0.114. The highest BCUT2D eigenvalue weighted by molar-refractivity contribution is 7.14. The van der Waals surface area contributed by atoms with Crippen LogP contribution in [0.3, 0.4) is 0 Å². The minimum Gasteiger partial charge on any atom is -0.337 e. The number of amides is 2. The van der Waals surface area contributed by atoms with Gasteiger partial charge in [-0.1, -0.05) is 20.8 Å². The van der Waals surface area contributed by atoms with Crippen LogP contribution in [0.5, 0.6) is 0 Å². The zero-order valence-corrected chi connectivity index (χ0v) is 13.1. The molecule has 1 heterocycles. The monoisotopic (exact) mass is 283 g/mol. The minimum absolute atomic E-state index is 0.000889. The maximum atomic E-state index is 12.3. The van der Waals surface area contributed by atoms with Crippen molar-refractivity contribution in [2.75, 3.05) is 12.4 Å². The summed E-state index contributed by atoms with van der Waals surface area (Å²) >= 11 is 1.25. The van der Waals surface area contributed by atoms with Gasteiger partial charge in [-0.2, -0.15) is 0 Å². The molecule has 0 saturated carbocycles. The molecule has 2 amide bonds. The molecule has 5 nitrogen and oxygen atoms in total. The Morgan fingerprint density at radius 1 is 1.42 bits per heavy atom. The Morgan fingerprint density at radius 3 is 2.47 bits per heavy atom. The number of hydrogen-bond donors (Lipinski definition) is 1. The van der Waals surface area contributed by atoms with Crippen molar-refractivity contribution in [1.29, 1.82) is 0 Å². The quantitative estimate of drug-likeness (QED) is 0.927. The fraction of sp³-hybridized carbons (Fsp3) is 0.615. The van der Waals surface area contributed by atoms with Crippen molar-refractivity contribution < 1.29 is 9.59 Å². The van der Waals surface area contributed by atoms with Crippen LogP contribution >= 0.6 is 11.3 Å². The molecule has 0 saturated heterocycles. The molecule has 0 bridgehead atoms. The standard InChI is InChI=1S/C13H21N3O2S/c1-8(13(3,4)5)16(6)11(18)10-7-19-12(15-10)14-9(2)17/h7-8H,1-6H3,(H,14,15,17)/t8-/m1/s1. The Kier molecular flexibility index (Phi) is 4.68.